The third-order valence-electron chi connectivity index (χ3n) is 7.66. The number of anilines is 4. The van der Waals surface area contributed by atoms with Crippen molar-refractivity contribution in [2.45, 2.75) is 13.8 Å². The Hall–Kier alpha value is -4.54. The zero-order valence-corrected chi connectivity index (χ0v) is 28.8. The van der Waals surface area contributed by atoms with Crippen molar-refractivity contribution in [3.05, 3.63) is 75.5 Å². The van der Waals surface area contributed by atoms with Gasteiger partial charge in [-0.15, -0.1) is 0 Å². The average Bonchev–Trinajstić information content (AvgIpc) is 3.55. The van der Waals surface area contributed by atoms with Gasteiger partial charge in [-0.3, -0.25) is 14.5 Å². The summed E-state index contributed by atoms with van der Waals surface area (Å²) in [5.74, 6) is 0.482. The fourth-order valence-corrected chi connectivity index (χ4v) is 6.04. The second-order valence-corrected chi connectivity index (χ2v) is 12.6. The molecule has 2 aromatic heterocycles. The molecule has 4 aromatic rings. The molecule has 0 spiro atoms. The first kappa shape index (κ1) is 35.8. The highest BCUT2D eigenvalue weighted by atomic mass is 35.5. The van der Waals surface area contributed by atoms with E-state index in [9.17, 15) is 19.8 Å². The summed E-state index contributed by atoms with van der Waals surface area (Å²) in [4.78, 5) is 43.5. The van der Waals surface area contributed by atoms with Crippen LogP contribution in [-0.4, -0.2) is 108 Å². The number of hydrogen-bond acceptors (Lipinski definition) is 13. The lowest BCUT2D eigenvalue weighted by Crippen LogP contribution is -2.47. The van der Waals surface area contributed by atoms with Crippen molar-refractivity contribution in [1.82, 2.24) is 25.2 Å². The summed E-state index contributed by atoms with van der Waals surface area (Å²) in [6, 6.07) is 11.6. The normalized spacial score (nSPS) is 13.3. The van der Waals surface area contributed by atoms with Gasteiger partial charge in [0, 0.05) is 45.3 Å². The first-order valence-electron chi connectivity index (χ1n) is 15.7. The lowest BCUT2D eigenvalue weighted by atomic mass is 10.1. The van der Waals surface area contributed by atoms with Crippen LogP contribution in [0.5, 0.6) is 11.5 Å². The van der Waals surface area contributed by atoms with Crippen LogP contribution < -0.4 is 20.9 Å². The molecule has 1 aliphatic heterocycles. The Balaban J connectivity index is 0.982. The summed E-state index contributed by atoms with van der Waals surface area (Å²) in [6.07, 6.45) is 1.52. The van der Waals surface area contributed by atoms with Crippen LogP contribution >= 0.6 is 22.9 Å². The van der Waals surface area contributed by atoms with Crippen molar-refractivity contribution in [2.24, 2.45) is 0 Å². The number of aryl methyl sites for hydroxylation is 2. The highest BCUT2D eigenvalue weighted by Crippen LogP contribution is 2.29. The van der Waals surface area contributed by atoms with E-state index in [0.29, 0.717) is 58.8 Å². The highest BCUT2D eigenvalue weighted by molar-refractivity contribution is 7.17. The Morgan fingerprint density at radius 1 is 0.959 bits per heavy atom. The van der Waals surface area contributed by atoms with Crippen LogP contribution in [0.1, 0.15) is 31.4 Å². The Labute approximate surface area is 293 Å². The van der Waals surface area contributed by atoms with Gasteiger partial charge in [0.2, 0.25) is 0 Å². The van der Waals surface area contributed by atoms with E-state index in [0.717, 1.165) is 44.1 Å². The molecule has 0 radical (unpaired) electrons. The molecular weight excluding hydrogens is 672 g/mol. The molecule has 0 bridgehead atoms. The number of carbonyl (C=O) groups excluding carboxylic acids is 2. The minimum atomic E-state index is -0.488. The molecule has 0 unspecified atom stereocenters. The number of hydrogen-bond donors (Lipinski definition) is 5. The van der Waals surface area contributed by atoms with Crippen molar-refractivity contribution in [3.8, 4) is 11.5 Å². The number of phenols is 2. The third-order valence-corrected chi connectivity index (χ3v) is 8.89. The van der Waals surface area contributed by atoms with E-state index in [1.54, 1.807) is 6.07 Å². The molecule has 0 atom stereocenters. The molecule has 2 aromatic carbocycles. The molecule has 2 amide bonds. The minimum Gasteiger partial charge on any atom is -0.504 e. The van der Waals surface area contributed by atoms with E-state index in [2.05, 4.69) is 40.7 Å². The van der Waals surface area contributed by atoms with E-state index < -0.39 is 11.7 Å². The first-order chi connectivity index (χ1) is 23.7. The van der Waals surface area contributed by atoms with Gasteiger partial charge < -0.3 is 40.5 Å². The second-order valence-electron chi connectivity index (χ2n) is 11.2. The molecule has 1 fully saturated rings. The number of aromatic nitrogens is 3. The zero-order valence-electron chi connectivity index (χ0n) is 27.2. The largest absolute Gasteiger partial charge is 0.504 e. The van der Waals surface area contributed by atoms with Gasteiger partial charge in [-0.25, -0.2) is 15.0 Å². The second kappa shape index (κ2) is 17.2. The monoisotopic (exact) mass is 710 g/mol. The molecule has 1 aliphatic rings. The number of ether oxygens (including phenoxy) is 2. The topological polar surface area (TPSA) is 174 Å². The standard InChI is InChI=1S/C33H39ClN8O6S/c1-21-5-3-7-24(34)29(21)40-32(46)26-20-36-33(49-26)39-27-19-28(38-22(2)37-27)42-12-10-41(11-13-42)14-16-48-18-17-47-15-9-35-31(45)23-6-4-8-25(43)30(23)44/h3-8,19-20,43-44H,9-18H2,1-2H3,(H,35,45)(H,40,46)(H,36,37,38,39). The first-order valence-corrected chi connectivity index (χ1v) is 16.9. The van der Waals surface area contributed by atoms with Gasteiger partial charge in [-0.05, 0) is 37.6 Å². The lowest BCUT2D eigenvalue weighted by molar-refractivity contribution is 0.0387. The maximum Gasteiger partial charge on any atom is 0.267 e. The van der Waals surface area contributed by atoms with Crippen molar-refractivity contribution in [1.29, 1.82) is 0 Å². The van der Waals surface area contributed by atoms with Gasteiger partial charge in [-0.1, -0.05) is 41.1 Å². The molecule has 0 aliphatic carbocycles. The van der Waals surface area contributed by atoms with Crippen molar-refractivity contribution >= 4 is 57.2 Å². The number of phenolic OH excluding ortho intramolecular Hbond substituents is 2. The fraction of sp³-hybridized carbons (Fsp3) is 0.364. The molecule has 260 valence electrons. The summed E-state index contributed by atoms with van der Waals surface area (Å²) in [7, 11) is 0. The van der Waals surface area contributed by atoms with Crippen LogP contribution in [0.25, 0.3) is 0 Å². The Bertz CT molecular complexity index is 1730. The van der Waals surface area contributed by atoms with Crippen LogP contribution in [0, 0.1) is 13.8 Å². The number of amides is 2. The number of nitrogens with one attached hydrogen (secondary N) is 3. The summed E-state index contributed by atoms with van der Waals surface area (Å²) in [6.45, 7) is 9.79. The van der Waals surface area contributed by atoms with Crippen LogP contribution in [0.2, 0.25) is 5.02 Å². The number of thiazole rings is 1. The molecule has 5 rings (SSSR count). The van der Waals surface area contributed by atoms with Crippen LogP contribution in [-0.2, 0) is 9.47 Å². The summed E-state index contributed by atoms with van der Waals surface area (Å²) in [5.41, 5.74) is 1.46. The van der Waals surface area contributed by atoms with E-state index in [-0.39, 0.29) is 23.8 Å². The minimum absolute atomic E-state index is 0.00777. The summed E-state index contributed by atoms with van der Waals surface area (Å²) >= 11 is 7.49. The van der Waals surface area contributed by atoms with Crippen LogP contribution in [0.15, 0.2) is 48.7 Å². The van der Waals surface area contributed by atoms with Gasteiger partial charge in [0.25, 0.3) is 11.8 Å². The summed E-state index contributed by atoms with van der Waals surface area (Å²) in [5, 5.41) is 29.1. The molecule has 5 N–H and O–H groups in total. The molecule has 49 heavy (non-hydrogen) atoms. The van der Waals surface area contributed by atoms with Gasteiger partial charge in [-0.2, -0.15) is 0 Å². The number of halogens is 1. The predicted molar refractivity (Wildman–Crippen MR) is 189 cm³/mol. The van der Waals surface area contributed by atoms with Gasteiger partial charge in [0.1, 0.15) is 22.3 Å². The summed E-state index contributed by atoms with van der Waals surface area (Å²) < 4.78 is 11.2. The average molecular weight is 711 g/mol. The molecule has 3 heterocycles. The van der Waals surface area contributed by atoms with E-state index in [1.807, 2.05) is 32.0 Å². The number of aromatic hydroxyl groups is 2. The fourth-order valence-electron chi connectivity index (χ4n) is 5.05. The molecule has 16 heteroatoms. The molecule has 0 saturated carbocycles. The van der Waals surface area contributed by atoms with Crippen molar-refractivity contribution in [2.75, 3.05) is 81.2 Å². The van der Waals surface area contributed by atoms with E-state index in [4.69, 9.17) is 21.1 Å². The molecule has 14 nitrogen and oxygen atoms in total. The number of nitrogens with zero attached hydrogens (tertiary/aromatic N) is 5. The zero-order chi connectivity index (χ0) is 34.8. The van der Waals surface area contributed by atoms with Gasteiger partial charge in [0.15, 0.2) is 16.6 Å². The number of benzene rings is 2. The number of carbonyl (C=O) groups is 2. The maximum absolute atomic E-state index is 12.8. The van der Waals surface area contributed by atoms with Crippen molar-refractivity contribution in [3.63, 3.8) is 0 Å². The van der Waals surface area contributed by atoms with Crippen molar-refractivity contribution < 1.29 is 29.3 Å². The Morgan fingerprint density at radius 3 is 2.49 bits per heavy atom. The van der Waals surface area contributed by atoms with Crippen LogP contribution in [0.4, 0.5) is 22.5 Å². The highest BCUT2D eigenvalue weighted by Gasteiger charge is 2.20. The number of rotatable bonds is 15. The SMILES string of the molecule is Cc1nc(Nc2ncc(C(=O)Nc3c(C)cccc3Cl)s2)cc(N2CCN(CCOCCOCCNC(=O)c3cccc(O)c3O)CC2)n1. The quantitative estimate of drug-likeness (QED) is 0.0881. The molecular formula is C33H39ClN8O6S. The Kier molecular flexibility index (Phi) is 12.6. The molecule has 1 saturated heterocycles. The number of para-hydroxylation sites is 2. The van der Waals surface area contributed by atoms with E-state index >= 15 is 0 Å². The van der Waals surface area contributed by atoms with Gasteiger partial charge in [0.05, 0.1) is 48.9 Å². The Morgan fingerprint density at radius 2 is 1.71 bits per heavy atom. The third kappa shape index (κ3) is 9.99. The predicted octanol–water partition coefficient (Wildman–Crippen LogP) is 4.20. The van der Waals surface area contributed by atoms with Crippen LogP contribution in [0.3, 0.4) is 0 Å². The maximum atomic E-state index is 12.8. The van der Waals surface area contributed by atoms with E-state index in [1.165, 1.54) is 35.7 Å². The smallest absolute Gasteiger partial charge is 0.267 e. The number of piperazine rings is 1. The van der Waals surface area contributed by atoms with Gasteiger partial charge >= 0.3 is 0 Å². The lowest BCUT2D eigenvalue weighted by Gasteiger charge is -2.35.